The summed E-state index contributed by atoms with van der Waals surface area (Å²) in [6, 6.07) is 13.8. The third-order valence-corrected chi connectivity index (χ3v) is 2.83. The Balaban J connectivity index is 2.24. The normalized spacial score (nSPS) is 10.2. The van der Waals surface area contributed by atoms with Crippen LogP contribution in [0.1, 0.15) is 15.9 Å². The Kier molecular flexibility index (Phi) is 4.35. The maximum Gasteiger partial charge on any atom is 0.257 e. The van der Waals surface area contributed by atoms with Gasteiger partial charge in [0, 0.05) is 14.1 Å². The van der Waals surface area contributed by atoms with Gasteiger partial charge in [-0.1, -0.05) is 36.4 Å². The lowest BCUT2D eigenvalue weighted by Crippen LogP contribution is -2.22. The molecule has 0 spiro atoms. The second kappa shape index (κ2) is 6.19. The monoisotopic (exact) mass is 273 g/mol. The fourth-order valence-electron chi connectivity index (χ4n) is 1.79. The number of nitrogens with zero attached hydrogens (tertiary/aromatic N) is 1. The van der Waals surface area contributed by atoms with Gasteiger partial charge in [0.1, 0.15) is 6.61 Å². The van der Waals surface area contributed by atoms with Gasteiger partial charge >= 0.3 is 0 Å². The Bertz CT molecular complexity index is 597. The highest BCUT2D eigenvalue weighted by Gasteiger charge is 2.18. The van der Waals surface area contributed by atoms with E-state index < -0.39 is 5.82 Å². The first kappa shape index (κ1) is 14.1. The summed E-state index contributed by atoms with van der Waals surface area (Å²) in [7, 11) is 3.24. The van der Waals surface area contributed by atoms with E-state index in [1.807, 2.05) is 30.3 Å². The molecule has 3 nitrogen and oxygen atoms in total. The summed E-state index contributed by atoms with van der Waals surface area (Å²) < 4.78 is 19.4. The van der Waals surface area contributed by atoms with Crippen molar-refractivity contribution in [1.82, 2.24) is 4.90 Å². The molecule has 0 aliphatic rings. The van der Waals surface area contributed by atoms with Gasteiger partial charge in [0.15, 0.2) is 11.6 Å². The largest absolute Gasteiger partial charge is 0.485 e. The highest BCUT2D eigenvalue weighted by molar-refractivity contribution is 5.96. The Labute approximate surface area is 117 Å². The molecule has 1 amide bonds. The van der Waals surface area contributed by atoms with Gasteiger partial charge in [-0.05, 0) is 17.7 Å². The molecule has 0 bridgehead atoms. The second-order valence-electron chi connectivity index (χ2n) is 4.59. The molecule has 0 unspecified atom stereocenters. The average Bonchev–Trinajstić information content (AvgIpc) is 2.46. The molecule has 0 atom stereocenters. The van der Waals surface area contributed by atoms with E-state index >= 15 is 0 Å². The predicted molar refractivity (Wildman–Crippen MR) is 75.2 cm³/mol. The van der Waals surface area contributed by atoms with Crippen molar-refractivity contribution < 1.29 is 13.9 Å². The van der Waals surface area contributed by atoms with E-state index in [1.54, 1.807) is 20.2 Å². The van der Waals surface area contributed by atoms with Crippen LogP contribution < -0.4 is 4.74 Å². The summed E-state index contributed by atoms with van der Waals surface area (Å²) in [5.74, 6) is -0.823. The smallest absolute Gasteiger partial charge is 0.257 e. The third-order valence-electron chi connectivity index (χ3n) is 2.83. The highest BCUT2D eigenvalue weighted by atomic mass is 19.1. The molecule has 20 heavy (non-hydrogen) atoms. The maximum atomic E-state index is 13.9. The number of carbonyl (C=O) groups excluding carboxylic acids is 1. The third kappa shape index (κ3) is 3.15. The summed E-state index contributed by atoms with van der Waals surface area (Å²) in [5.41, 5.74) is 1.14. The first-order valence-electron chi connectivity index (χ1n) is 6.26. The molecule has 0 aliphatic carbocycles. The first-order chi connectivity index (χ1) is 9.59. The van der Waals surface area contributed by atoms with E-state index in [4.69, 9.17) is 4.74 Å². The van der Waals surface area contributed by atoms with Gasteiger partial charge in [0.25, 0.3) is 5.91 Å². The van der Waals surface area contributed by atoms with Crippen molar-refractivity contribution in [3.8, 4) is 5.75 Å². The molecule has 2 rings (SSSR count). The SMILES string of the molecule is CN(C)C(=O)c1cccc(F)c1OCc1ccccc1. The van der Waals surface area contributed by atoms with Gasteiger partial charge in [-0.25, -0.2) is 4.39 Å². The van der Waals surface area contributed by atoms with Crippen molar-refractivity contribution in [3.05, 3.63) is 65.5 Å². The fraction of sp³-hybridized carbons (Fsp3) is 0.188. The zero-order valence-corrected chi connectivity index (χ0v) is 11.5. The average molecular weight is 273 g/mol. The zero-order chi connectivity index (χ0) is 14.5. The molecule has 0 saturated heterocycles. The number of amides is 1. The van der Waals surface area contributed by atoms with Gasteiger partial charge in [-0.3, -0.25) is 4.79 Å². The topological polar surface area (TPSA) is 29.5 Å². The fourth-order valence-corrected chi connectivity index (χ4v) is 1.79. The van der Waals surface area contributed by atoms with Crippen molar-refractivity contribution >= 4 is 5.91 Å². The van der Waals surface area contributed by atoms with Crippen LogP contribution in [0.25, 0.3) is 0 Å². The molecular weight excluding hydrogens is 257 g/mol. The van der Waals surface area contributed by atoms with Crippen LogP contribution >= 0.6 is 0 Å². The number of carbonyl (C=O) groups is 1. The summed E-state index contributed by atoms with van der Waals surface area (Å²) in [6.45, 7) is 0.218. The Hall–Kier alpha value is -2.36. The van der Waals surface area contributed by atoms with Crippen LogP contribution in [0.4, 0.5) is 4.39 Å². The molecule has 0 heterocycles. The first-order valence-corrected chi connectivity index (χ1v) is 6.26. The molecule has 0 radical (unpaired) electrons. The lowest BCUT2D eigenvalue weighted by molar-refractivity contribution is 0.0821. The van der Waals surface area contributed by atoms with Gasteiger partial charge in [0.05, 0.1) is 5.56 Å². The number of benzene rings is 2. The van der Waals surface area contributed by atoms with Crippen LogP contribution in [-0.4, -0.2) is 24.9 Å². The standard InChI is InChI=1S/C16H16FNO2/c1-18(2)16(19)13-9-6-10-14(17)15(13)20-11-12-7-4-3-5-8-12/h3-10H,11H2,1-2H3. The van der Waals surface area contributed by atoms with E-state index in [9.17, 15) is 9.18 Å². The summed E-state index contributed by atoms with van der Waals surface area (Å²) in [4.78, 5) is 13.4. The maximum absolute atomic E-state index is 13.9. The van der Waals surface area contributed by atoms with Crippen molar-refractivity contribution in [2.24, 2.45) is 0 Å². The molecule has 2 aromatic carbocycles. The van der Waals surface area contributed by atoms with E-state index in [1.165, 1.54) is 17.0 Å². The van der Waals surface area contributed by atoms with E-state index in [0.29, 0.717) is 0 Å². The van der Waals surface area contributed by atoms with Crippen LogP contribution in [0.2, 0.25) is 0 Å². The van der Waals surface area contributed by atoms with Crippen LogP contribution in [0, 0.1) is 5.82 Å². The van der Waals surface area contributed by atoms with Gasteiger partial charge < -0.3 is 9.64 Å². The molecule has 0 aromatic heterocycles. The summed E-state index contributed by atoms with van der Waals surface area (Å²) >= 11 is 0. The summed E-state index contributed by atoms with van der Waals surface area (Å²) in [5, 5.41) is 0. The number of para-hydroxylation sites is 1. The van der Waals surface area contributed by atoms with Crippen LogP contribution in [0.3, 0.4) is 0 Å². The van der Waals surface area contributed by atoms with Crippen LogP contribution in [0.5, 0.6) is 5.75 Å². The number of halogens is 1. The number of rotatable bonds is 4. The predicted octanol–water partition coefficient (Wildman–Crippen LogP) is 3.11. The van der Waals surface area contributed by atoms with Crippen molar-refractivity contribution in [1.29, 1.82) is 0 Å². The van der Waals surface area contributed by atoms with E-state index in [0.717, 1.165) is 5.56 Å². The Morgan fingerprint density at radius 1 is 1.10 bits per heavy atom. The van der Waals surface area contributed by atoms with Crippen molar-refractivity contribution in [3.63, 3.8) is 0 Å². The van der Waals surface area contributed by atoms with Gasteiger partial charge in [-0.2, -0.15) is 0 Å². The zero-order valence-electron chi connectivity index (χ0n) is 11.5. The van der Waals surface area contributed by atoms with Gasteiger partial charge in [0.2, 0.25) is 0 Å². The number of hydrogen-bond donors (Lipinski definition) is 0. The minimum Gasteiger partial charge on any atom is -0.485 e. The Morgan fingerprint density at radius 3 is 2.45 bits per heavy atom. The number of hydrogen-bond acceptors (Lipinski definition) is 2. The molecule has 0 N–H and O–H groups in total. The van der Waals surface area contributed by atoms with E-state index in [-0.39, 0.29) is 23.8 Å². The molecule has 0 fully saturated rings. The lowest BCUT2D eigenvalue weighted by Gasteiger charge is -2.15. The van der Waals surface area contributed by atoms with Crippen LogP contribution in [-0.2, 0) is 6.61 Å². The molecule has 104 valence electrons. The molecule has 4 heteroatoms. The van der Waals surface area contributed by atoms with Gasteiger partial charge in [-0.15, -0.1) is 0 Å². The van der Waals surface area contributed by atoms with Crippen molar-refractivity contribution in [2.45, 2.75) is 6.61 Å². The highest BCUT2D eigenvalue weighted by Crippen LogP contribution is 2.24. The Morgan fingerprint density at radius 2 is 1.80 bits per heavy atom. The molecule has 2 aromatic rings. The number of ether oxygens (including phenoxy) is 1. The van der Waals surface area contributed by atoms with Crippen LogP contribution in [0.15, 0.2) is 48.5 Å². The van der Waals surface area contributed by atoms with Crippen molar-refractivity contribution in [2.75, 3.05) is 14.1 Å². The summed E-state index contributed by atoms with van der Waals surface area (Å²) in [6.07, 6.45) is 0. The quantitative estimate of drug-likeness (QED) is 0.856. The molecule has 0 aliphatic heterocycles. The second-order valence-corrected chi connectivity index (χ2v) is 4.59. The lowest BCUT2D eigenvalue weighted by atomic mass is 10.1. The molecule has 0 saturated carbocycles. The molecular formula is C16H16FNO2. The minimum absolute atomic E-state index is 0.00458. The van der Waals surface area contributed by atoms with E-state index in [2.05, 4.69) is 0 Å². The minimum atomic E-state index is -0.534.